The molecule has 1 N–H and O–H groups in total. The van der Waals surface area contributed by atoms with Crippen molar-refractivity contribution in [2.75, 3.05) is 13.2 Å². The van der Waals surface area contributed by atoms with Crippen LogP contribution >= 0.6 is 15.9 Å². The summed E-state index contributed by atoms with van der Waals surface area (Å²) in [5.74, 6) is 0.517. The summed E-state index contributed by atoms with van der Waals surface area (Å²) in [7, 11) is 0. The van der Waals surface area contributed by atoms with Crippen molar-refractivity contribution in [2.45, 2.75) is 26.3 Å². The second-order valence-electron chi connectivity index (χ2n) is 5.23. The van der Waals surface area contributed by atoms with Gasteiger partial charge in [0.15, 0.2) is 0 Å². The molecular weight excluding hydrogens is 306 g/mol. The average Bonchev–Trinajstić information content (AvgIpc) is 2.39. The van der Waals surface area contributed by atoms with Gasteiger partial charge in [-0.15, -0.1) is 0 Å². The maximum absolute atomic E-state index is 12.3. The van der Waals surface area contributed by atoms with Crippen LogP contribution in [0, 0.1) is 11.8 Å². The van der Waals surface area contributed by atoms with Gasteiger partial charge in [0.25, 0.3) is 0 Å². The normalized spacial score (nSPS) is 24.8. The van der Waals surface area contributed by atoms with Crippen LogP contribution in [0.5, 0.6) is 0 Å². The molecule has 1 fully saturated rings. The Kier molecular flexibility index (Phi) is 4.99. The molecular formula is C15H20BrNO2. The smallest absolute Gasteiger partial charge is 0.224 e. The van der Waals surface area contributed by atoms with Crippen molar-refractivity contribution < 1.29 is 9.53 Å². The Morgan fingerprint density at radius 3 is 2.74 bits per heavy atom. The molecule has 0 aliphatic carbocycles. The fourth-order valence-electron chi connectivity index (χ4n) is 2.42. The van der Waals surface area contributed by atoms with Crippen molar-refractivity contribution in [3.8, 4) is 0 Å². The zero-order valence-corrected chi connectivity index (χ0v) is 12.9. The fourth-order valence-corrected chi connectivity index (χ4v) is 2.69. The van der Waals surface area contributed by atoms with E-state index in [0.29, 0.717) is 19.1 Å². The van der Waals surface area contributed by atoms with Gasteiger partial charge in [-0.3, -0.25) is 4.79 Å². The number of benzene rings is 1. The Hall–Kier alpha value is -0.870. The van der Waals surface area contributed by atoms with Gasteiger partial charge in [0.05, 0.1) is 6.04 Å². The molecule has 0 aromatic heterocycles. The Morgan fingerprint density at radius 1 is 1.42 bits per heavy atom. The lowest BCUT2D eigenvalue weighted by Gasteiger charge is -2.29. The number of carbonyl (C=O) groups excluding carboxylic acids is 1. The van der Waals surface area contributed by atoms with E-state index in [0.717, 1.165) is 16.5 Å². The van der Waals surface area contributed by atoms with E-state index in [2.05, 4.69) is 28.2 Å². The van der Waals surface area contributed by atoms with Crippen molar-refractivity contribution in [3.63, 3.8) is 0 Å². The molecule has 1 aliphatic rings. The van der Waals surface area contributed by atoms with Crippen molar-refractivity contribution in [1.29, 1.82) is 0 Å². The number of amides is 1. The third-order valence-corrected chi connectivity index (χ3v) is 4.24. The number of halogens is 1. The Balaban J connectivity index is 1.96. The quantitative estimate of drug-likeness (QED) is 0.926. The largest absolute Gasteiger partial charge is 0.381 e. The number of ether oxygens (including phenoxy) is 1. The molecule has 0 saturated carbocycles. The first kappa shape index (κ1) is 14.5. The first-order valence-electron chi connectivity index (χ1n) is 6.71. The van der Waals surface area contributed by atoms with Gasteiger partial charge in [-0.2, -0.15) is 0 Å². The summed E-state index contributed by atoms with van der Waals surface area (Å²) < 4.78 is 6.43. The number of carbonyl (C=O) groups is 1. The number of nitrogens with one attached hydrogen (secondary N) is 1. The van der Waals surface area contributed by atoms with Gasteiger partial charge in [0.1, 0.15) is 0 Å². The summed E-state index contributed by atoms with van der Waals surface area (Å²) in [6.45, 7) is 5.47. The van der Waals surface area contributed by atoms with Crippen LogP contribution in [-0.2, 0) is 9.53 Å². The van der Waals surface area contributed by atoms with Gasteiger partial charge in [-0.05, 0) is 37.0 Å². The third kappa shape index (κ3) is 3.80. The van der Waals surface area contributed by atoms with Crippen molar-refractivity contribution in [2.24, 2.45) is 11.8 Å². The highest BCUT2D eigenvalue weighted by molar-refractivity contribution is 9.10. The van der Waals surface area contributed by atoms with Crippen molar-refractivity contribution >= 4 is 21.8 Å². The lowest BCUT2D eigenvalue weighted by Crippen LogP contribution is -2.40. The highest BCUT2D eigenvalue weighted by Crippen LogP contribution is 2.23. The number of hydrogen-bond acceptors (Lipinski definition) is 2. The van der Waals surface area contributed by atoms with Crippen LogP contribution < -0.4 is 5.32 Å². The van der Waals surface area contributed by atoms with E-state index >= 15 is 0 Å². The minimum atomic E-state index is 0.0376. The average molecular weight is 326 g/mol. The molecule has 1 aromatic carbocycles. The van der Waals surface area contributed by atoms with E-state index < -0.39 is 0 Å². The van der Waals surface area contributed by atoms with Crippen LogP contribution in [0.4, 0.5) is 0 Å². The minimum absolute atomic E-state index is 0.0376. The van der Waals surface area contributed by atoms with Gasteiger partial charge < -0.3 is 10.1 Å². The van der Waals surface area contributed by atoms with Crippen LogP contribution in [0.2, 0.25) is 0 Å². The molecule has 3 nitrogen and oxygen atoms in total. The first-order chi connectivity index (χ1) is 9.08. The van der Waals surface area contributed by atoms with Crippen LogP contribution in [0.15, 0.2) is 28.7 Å². The molecule has 0 radical (unpaired) electrons. The summed E-state index contributed by atoms with van der Waals surface area (Å²) in [5.41, 5.74) is 1.12. The van der Waals surface area contributed by atoms with E-state index in [1.807, 2.05) is 31.2 Å². The molecule has 3 unspecified atom stereocenters. The Morgan fingerprint density at radius 2 is 2.11 bits per heavy atom. The molecule has 2 rings (SSSR count). The van der Waals surface area contributed by atoms with Crippen molar-refractivity contribution in [1.82, 2.24) is 5.32 Å². The summed E-state index contributed by atoms with van der Waals surface area (Å²) in [4.78, 5) is 12.3. The van der Waals surface area contributed by atoms with Gasteiger partial charge in [0.2, 0.25) is 5.91 Å². The predicted molar refractivity (Wildman–Crippen MR) is 78.8 cm³/mol. The fraction of sp³-hybridized carbons (Fsp3) is 0.533. The van der Waals surface area contributed by atoms with E-state index in [1.165, 1.54) is 0 Å². The minimum Gasteiger partial charge on any atom is -0.381 e. The van der Waals surface area contributed by atoms with Crippen LogP contribution in [0.25, 0.3) is 0 Å². The summed E-state index contributed by atoms with van der Waals surface area (Å²) >= 11 is 3.41. The van der Waals surface area contributed by atoms with Gasteiger partial charge in [-0.1, -0.05) is 35.0 Å². The molecule has 4 heteroatoms. The standard InChI is InChI=1S/C15H20BrNO2/c1-10-9-19-8-7-14(10)15(18)17-11(2)12-3-5-13(16)6-4-12/h3-6,10-11,14H,7-9H2,1-2H3,(H,17,18). The predicted octanol–water partition coefficient (Wildman–Crippen LogP) is 3.30. The number of rotatable bonds is 3. The van der Waals surface area contributed by atoms with Crippen LogP contribution in [0.3, 0.4) is 0 Å². The second kappa shape index (κ2) is 6.53. The maximum Gasteiger partial charge on any atom is 0.224 e. The zero-order valence-electron chi connectivity index (χ0n) is 11.4. The second-order valence-corrected chi connectivity index (χ2v) is 6.14. The molecule has 0 spiro atoms. The van der Waals surface area contributed by atoms with E-state index in [4.69, 9.17) is 4.74 Å². The molecule has 1 heterocycles. The lowest BCUT2D eigenvalue weighted by atomic mass is 9.89. The molecule has 1 amide bonds. The van der Waals surface area contributed by atoms with E-state index in [1.54, 1.807) is 0 Å². The Labute approximate surface area is 122 Å². The highest BCUT2D eigenvalue weighted by Gasteiger charge is 2.29. The molecule has 104 valence electrons. The summed E-state index contributed by atoms with van der Waals surface area (Å²) in [6, 6.07) is 8.09. The highest BCUT2D eigenvalue weighted by atomic mass is 79.9. The Bertz CT molecular complexity index is 432. The first-order valence-corrected chi connectivity index (χ1v) is 7.51. The molecule has 1 aliphatic heterocycles. The maximum atomic E-state index is 12.3. The molecule has 0 bridgehead atoms. The van der Waals surface area contributed by atoms with Crippen LogP contribution in [0.1, 0.15) is 31.9 Å². The summed E-state index contributed by atoms with van der Waals surface area (Å²) in [6.07, 6.45) is 0.820. The van der Waals surface area contributed by atoms with E-state index in [-0.39, 0.29) is 17.9 Å². The molecule has 1 saturated heterocycles. The van der Waals surface area contributed by atoms with Gasteiger partial charge >= 0.3 is 0 Å². The number of hydrogen-bond donors (Lipinski definition) is 1. The zero-order chi connectivity index (χ0) is 13.8. The lowest BCUT2D eigenvalue weighted by molar-refractivity contribution is -0.131. The van der Waals surface area contributed by atoms with Gasteiger partial charge in [0, 0.05) is 23.6 Å². The van der Waals surface area contributed by atoms with Gasteiger partial charge in [-0.25, -0.2) is 0 Å². The molecule has 3 atom stereocenters. The molecule has 1 aromatic rings. The SMILES string of the molecule is CC(NC(=O)C1CCOCC1C)c1ccc(Br)cc1. The topological polar surface area (TPSA) is 38.3 Å². The van der Waals surface area contributed by atoms with E-state index in [9.17, 15) is 4.79 Å². The van der Waals surface area contributed by atoms with Crippen molar-refractivity contribution in [3.05, 3.63) is 34.3 Å². The third-order valence-electron chi connectivity index (χ3n) is 3.71. The monoisotopic (exact) mass is 325 g/mol. The summed E-state index contributed by atoms with van der Waals surface area (Å²) in [5, 5.41) is 3.11. The molecule has 19 heavy (non-hydrogen) atoms. The van der Waals surface area contributed by atoms with Crippen LogP contribution in [-0.4, -0.2) is 19.1 Å².